The van der Waals surface area contributed by atoms with Gasteiger partial charge in [0.2, 0.25) is 17.7 Å². The van der Waals surface area contributed by atoms with E-state index in [0.717, 1.165) is 11.1 Å². The number of carbonyl (C=O) groups is 4. The minimum atomic E-state index is -0.730. The highest BCUT2D eigenvalue weighted by Gasteiger charge is 2.42. The summed E-state index contributed by atoms with van der Waals surface area (Å²) in [6.07, 6.45) is 1.50. The van der Waals surface area contributed by atoms with Gasteiger partial charge in [0.05, 0.1) is 5.41 Å². The summed E-state index contributed by atoms with van der Waals surface area (Å²) in [7, 11) is 0. The number of rotatable bonds is 7. The van der Waals surface area contributed by atoms with Crippen molar-refractivity contribution in [3.05, 3.63) is 65.2 Å². The molecule has 2 aromatic carbocycles. The first-order valence-corrected chi connectivity index (χ1v) is 11.7. The predicted molar refractivity (Wildman–Crippen MR) is 132 cm³/mol. The van der Waals surface area contributed by atoms with Gasteiger partial charge in [0.1, 0.15) is 0 Å². The van der Waals surface area contributed by atoms with Crippen LogP contribution in [0.15, 0.2) is 48.5 Å². The second kappa shape index (κ2) is 10.2. The van der Waals surface area contributed by atoms with Crippen LogP contribution in [-0.4, -0.2) is 30.2 Å². The van der Waals surface area contributed by atoms with Crippen molar-refractivity contribution in [3.63, 3.8) is 0 Å². The molecule has 0 saturated carbocycles. The fourth-order valence-corrected chi connectivity index (χ4v) is 4.18. The Morgan fingerprint density at radius 1 is 1.00 bits per heavy atom. The molecular weight excluding hydrogens is 430 g/mol. The highest BCUT2D eigenvalue weighted by Crippen LogP contribution is 2.36. The Kier molecular flexibility index (Phi) is 7.54. The smallest absolute Gasteiger partial charge is 0.251 e. The van der Waals surface area contributed by atoms with Gasteiger partial charge >= 0.3 is 0 Å². The quantitative estimate of drug-likeness (QED) is 0.543. The van der Waals surface area contributed by atoms with Gasteiger partial charge < -0.3 is 10.6 Å². The second-order valence-electron chi connectivity index (χ2n) is 9.77. The van der Waals surface area contributed by atoms with E-state index >= 15 is 0 Å². The lowest BCUT2D eigenvalue weighted by molar-refractivity contribution is -0.138. The van der Waals surface area contributed by atoms with E-state index in [1.165, 1.54) is 0 Å². The van der Waals surface area contributed by atoms with Crippen LogP contribution in [0.3, 0.4) is 0 Å². The zero-order valence-electron chi connectivity index (χ0n) is 20.3. The summed E-state index contributed by atoms with van der Waals surface area (Å²) in [6, 6.07) is 14.6. The average Bonchev–Trinajstić information content (AvgIpc) is 2.79. The van der Waals surface area contributed by atoms with Gasteiger partial charge in [-0.2, -0.15) is 0 Å². The summed E-state index contributed by atoms with van der Waals surface area (Å²) in [5, 5.41) is 8.03. The number of hydrogen-bond acceptors (Lipinski definition) is 4. The molecule has 2 aromatic rings. The lowest BCUT2D eigenvalue weighted by Gasteiger charge is -2.35. The highest BCUT2D eigenvalue weighted by atomic mass is 16.2. The van der Waals surface area contributed by atoms with Crippen LogP contribution in [0.4, 0.5) is 5.69 Å². The first-order chi connectivity index (χ1) is 16.0. The van der Waals surface area contributed by atoms with Crippen molar-refractivity contribution in [1.82, 2.24) is 10.6 Å². The molecule has 4 amide bonds. The van der Waals surface area contributed by atoms with Crippen LogP contribution in [-0.2, 0) is 25.2 Å². The van der Waals surface area contributed by atoms with Crippen LogP contribution in [0.25, 0.3) is 0 Å². The van der Waals surface area contributed by atoms with Crippen molar-refractivity contribution in [2.45, 2.75) is 64.2 Å². The van der Waals surface area contributed by atoms with Gasteiger partial charge in [0.15, 0.2) is 0 Å². The predicted octanol–water partition coefficient (Wildman–Crippen LogP) is 3.83. The fraction of sp³-hybridized carbons (Fsp3) is 0.407. The van der Waals surface area contributed by atoms with Crippen LogP contribution in [0.2, 0.25) is 0 Å². The first kappa shape index (κ1) is 25.1. The molecule has 1 heterocycles. The standard InChI is InChI=1S/C27H33N3O4/c1-5-27(16-14-22(31)30-25(27)34)20-10-12-21(13-11-20)29-23(32)15-17-28-24(33)18-6-8-19(9-7-18)26(2,3)4/h6-13H,5,14-17H2,1-4H3,(H,28,33)(H,29,32)(H,30,31,34). The number of benzene rings is 2. The molecular formula is C27H33N3O4. The van der Waals surface area contributed by atoms with E-state index < -0.39 is 5.41 Å². The third kappa shape index (κ3) is 5.71. The van der Waals surface area contributed by atoms with Crippen LogP contribution in [0.1, 0.15) is 74.9 Å². The maximum atomic E-state index is 12.5. The van der Waals surface area contributed by atoms with Crippen molar-refractivity contribution in [3.8, 4) is 0 Å². The molecule has 7 heteroatoms. The molecule has 1 saturated heterocycles. The molecule has 3 N–H and O–H groups in total. The Balaban J connectivity index is 1.51. The van der Waals surface area contributed by atoms with Crippen LogP contribution in [0, 0.1) is 0 Å². The molecule has 1 fully saturated rings. The van der Waals surface area contributed by atoms with E-state index in [4.69, 9.17) is 0 Å². The lowest BCUT2D eigenvalue weighted by atomic mass is 9.72. The number of amides is 4. The number of piperidine rings is 1. The van der Waals surface area contributed by atoms with Gasteiger partial charge in [0, 0.05) is 30.6 Å². The van der Waals surface area contributed by atoms with E-state index in [9.17, 15) is 19.2 Å². The molecule has 34 heavy (non-hydrogen) atoms. The summed E-state index contributed by atoms with van der Waals surface area (Å²) in [6.45, 7) is 8.50. The van der Waals surface area contributed by atoms with Gasteiger partial charge in [-0.3, -0.25) is 24.5 Å². The second-order valence-corrected chi connectivity index (χ2v) is 9.77. The summed E-state index contributed by atoms with van der Waals surface area (Å²) < 4.78 is 0. The summed E-state index contributed by atoms with van der Waals surface area (Å²) >= 11 is 0. The van der Waals surface area contributed by atoms with Gasteiger partial charge in [0.25, 0.3) is 5.91 Å². The SMILES string of the molecule is CCC1(c2ccc(NC(=O)CCNC(=O)c3ccc(C(C)(C)C)cc3)cc2)CCC(=O)NC1=O. The Morgan fingerprint density at radius 3 is 2.21 bits per heavy atom. The topological polar surface area (TPSA) is 104 Å². The minimum Gasteiger partial charge on any atom is -0.352 e. The van der Waals surface area contributed by atoms with E-state index in [1.807, 2.05) is 31.2 Å². The maximum absolute atomic E-state index is 12.5. The van der Waals surface area contributed by atoms with E-state index in [-0.39, 0.29) is 42.0 Å². The first-order valence-electron chi connectivity index (χ1n) is 11.7. The third-order valence-corrected chi connectivity index (χ3v) is 6.44. The molecule has 0 radical (unpaired) electrons. The van der Waals surface area contributed by atoms with Gasteiger partial charge in [-0.25, -0.2) is 0 Å². The maximum Gasteiger partial charge on any atom is 0.251 e. The molecule has 3 rings (SSSR count). The third-order valence-electron chi connectivity index (χ3n) is 6.44. The van der Waals surface area contributed by atoms with Crippen molar-refractivity contribution in [2.24, 2.45) is 0 Å². The number of nitrogens with one attached hydrogen (secondary N) is 3. The Hall–Kier alpha value is -3.48. The zero-order valence-corrected chi connectivity index (χ0v) is 20.3. The van der Waals surface area contributed by atoms with Crippen molar-refractivity contribution in [1.29, 1.82) is 0 Å². The minimum absolute atomic E-state index is 0.0181. The number of hydrogen-bond donors (Lipinski definition) is 3. The molecule has 0 aromatic heterocycles. The van der Waals surface area contributed by atoms with E-state index in [0.29, 0.717) is 30.5 Å². The van der Waals surface area contributed by atoms with Gasteiger partial charge in [-0.05, 0) is 53.6 Å². The fourth-order valence-electron chi connectivity index (χ4n) is 4.18. The largest absolute Gasteiger partial charge is 0.352 e. The zero-order chi connectivity index (χ0) is 24.9. The van der Waals surface area contributed by atoms with Crippen molar-refractivity contribution >= 4 is 29.3 Å². The molecule has 1 atom stereocenters. The summed E-state index contributed by atoms with van der Waals surface area (Å²) in [5.41, 5.74) is 2.43. The van der Waals surface area contributed by atoms with Gasteiger partial charge in [-0.15, -0.1) is 0 Å². The molecule has 1 aliphatic rings. The number of carbonyl (C=O) groups excluding carboxylic acids is 4. The molecule has 0 aliphatic carbocycles. The molecule has 180 valence electrons. The monoisotopic (exact) mass is 463 g/mol. The Bertz CT molecular complexity index is 1070. The van der Waals surface area contributed by atoms with E-state index in [2.05, 4.69) is 36.7 Å². The lowest BCUT2D eigenvalue weighted by Crippen LogP contribution is -2.51. The number of anilines is 1. The number of imide groups is 1. The van der Waals surface area contributed by atoms with Crippen molar-refractivity contribution in [2.75, 3.05) is 11.9 Å². The molecule has 7 nitrogen and oxygen atoms in total. The van der Waals surface area contributed by atoms with E-state index in [1.54, 1.807) is 24.3 Å². The Labute approximate surface area is 200 Å². The summed E-state index contributed by atoms with van der Waals surface area (Å²) in [5.74, 6) is -0.951. The van der Waals surface area contributed by atoms with Gasteiger partial charge in [-0.1, -0.05) is 52.0 Å². The Morgan fingerprint density at radius 2 is 1.65 bits per heavy atom. The van der Waals surface area contributed by atoms with Crippen LogP contribution >= 0.6 is 0 Å². The average molecular weight is 464 g/mol. The van der Waals surface area contributed by atoms with Crippen molar-refractivity contribution < 1.29 is 19.2 Å². The molecule has 1 aliphatic heterocycles. The normalized spacial score (nSPS) is 18.2. The molecule has 0 bridgehead atoms. The molecule has 1 unspecified atom stereocenters. The summed E-state index contributed by atoms with van der Waals surface area (Å²) in [4.78, 5) is 48.7. The molecule has 0 spiro atoms. The highest BCUT2D eigenvalue weighted by molar-refractivity contribution is 6.03. The van der Waals surface area contributed by atoms with Crippen LogP contribution in [0.5, 0.6) is 0 Å². The van der Waals surface area contributed by atoms with Crippen LogP contribution < -0.4 is 16.0 Å².